The van der Waals surface area contributed by atoms with Gasteiger partial charge in [-0.3, -0.25) is 9.58 Å². The van der Waals surface area contributed by atoms with Crippen LogP contribution in [0.3, 0.4) is 0 Å². The average Bonchev–Trinajstić information content (AvgIpc) is 3.40. The van der Waals surface area contributed by atoms with Gasteiger partial charge in [-0.1, -0.05) is 0 Å². The van der Waals surface area contributed by atoms with E-state index in [4.69, 9.17) is 9.47 Å². The van der Waals surface area contributed by atoms with Gasteiger partial charge in [-0.05, 0) is 38.7 Å². The molecule has 0 radical (unpaired) electrons. The maximum Gasteiger partial charge on any atom is 0.425 e. The van der Waals surface area contributed by atoms with Gasteiger partial charge in [0.15, 0.2) is 0 Å². The fourth-order valence-corrected chi connectivity index (χ4v) is 6.53. The van der Waals surface area contributed by atoms with Crippen LogP contribution in [0.25, 0.3) is 0 Å². The van der Waals surface area contributed by atoms with Crippen LogP contribution >= 0.6 is 11.3 Å². The van der Waals surface area contributed by atoms with Gasteiger partial charge in [-0.2, -0.15) is 18.3 Å². The van der Waals surface area contributed by atoms with E-state index in [1.165, 1.54) is 0 Å². The number of piperidine rings is 1. The van der Waals surface area contributed by atoms with Gasteiger partial charge in [0.2, 0.25) is 0 Å². The number of hydrogen-bond acceptors (Lipinski definition) is 7. The Hall–Kier alpha value is -1.50. The first-order valence-corrected chi connectivity index (χ1v) is 12.5. The molecule has 5 heterocycles. The number of aliphatic hydroxyl groups excluding tert-OH is 1. The fraction of sp³-hybridized carbons (Fsp3) is 0.696. The molecule has 7 nitrogen and oxygen atoms in total. The highest BCUT2D eigenvalue weighted by molar-refractivity contribution is 7.12. The molecule has 2 aromatic rings. The molecule has 5 rings (SSSR count). The summed E-state index contributed by atoms with van der Waals surface area (Å²) < 4.78 is 53.1. The topological polar surface area (TPSA) is 80.0 Å². The van der Waals surface area contributed by atoms with Gasteiger partial charge < -0.3 is 19.7 Å². The summed E-state index contributed by atoms with van der Waals surface area (Å²) in [5, 5.41) is 24.8. The van der Waals surface area contributed by atoms with E-state index in [0.29, 0.717) is 67.3 Å². The number of likely N-dealkylation sites (tertiary alicyclic amines) is 1. The highest BCUT2D eigenvalue weighted by Crippen LogP contribution is 2.51. The van der Waals surface area contributed by atoms with E-state index in [2.05, 4.69) is 16.9 Å². The Morgan fingerprint density at radius 2 is 2.12 bits per heavy atom. The largest absolute Gasteiger partial charge is 0.425 e. The molecule has 2 aromatic heterocycles. The van der Waals surface area contributed by atoms with Gasteiger partial charge in [0.25, 0.3) is 0 Å². The van der Waals surface area contributed by atoms with Crippen molar-refractivity contribution in [2.45, 2.75) is 75.2 Å². The summed E-state index contributed by atoms with van der Waals surface area (Å²) in [4.78, 5) is 2.14. The third-order valence-electron chi connectivity index (χ3n) is 7.23. The van der Waals surface area contributed by atoms with Gasteiger partial charge in [0.05, 0.1) is 26.0 Å². The van der Waals surface area contributed by atoms with E-state index in [-0.39, 0.29) is 12.6 Å². The van der Waals surface area contributed by atoms with Gasteiger partial charge >= 0.3 is 6.18 Å². The number of fused-ring (bicyclic) bond motifs is 2. The number of hydrogen-bond donors (Lipinski definition) is 2. The lowest BCUT2D eigenvalue weighted by atomic mass is 9.81. The molecule has 0 aromatic carbocycles. The number of rotatable bonds is 6. The van der Waals surface area contributed by atoms with Crippen LogP contribution in [0.4, 0.5) is 13.2 Å². The van der Waals surface area contributed by atoms with Crippen LogP contribution in [0.5, 0.6) is 0 Å². The van der Waals surface area contributed by atoms with Crippen LogP contribution in [0, 0.1) is 0 Å². The molecule has 0 amide bonds. The van der Waals surface area contributed by atoms with Crippen molar-refractivity contribution in [2.75, 3.05) is 26.4 Å². The van der Waals surface area contributed by atoms with E-state index >= 15 is 0 Å². The number of nitrogens with zero attached hydrogens (tertiary/aromatic N) is 3. The van der Waals surface area contributed by atoms with E-state index in [9.17, 15) is 23.4 Å². The normalized spacial score (nSPS) is 29.2. The van der Waals surface area contributed by atoms with Crippen molar-refractivity contribution in [3.63, 3.8) is 0 Å². The average molecular weight is 502 g/mol. The molecule has 1 spiro atoms. The molecular weight excluding hydrogens is 471 g/mol. The van der Waals surface area contributed by atoms with Crippen molar-refractivity contribution in [2.24, 2.45) is 0 Å². The summed E-state index contributed by atoms with van der Waals surface area (Å²) in [6, 6.07) is 1.18. The smallest absolute Gasteiger partial charge is 0.386 e. The summed E-state index contributed by atoms with van der Waals surface area (Å²) >= 11 is 0.709. The van der Waals surface area contributed by atoms with Crippen molar-refractivity contribution in [3.8, 4) is 0 Å². The minimum Gasteiger partial charge on any atom is -0.386 e. The first-order valence-electron chi connectivity index (χ1n) is 11.7. The summed E-state index contributed by atoms with van der Waals surface area (Å²) in [5.74, 6) is 0. The molecular formula is C23H30F3N3O4S. The predicted molar refractivity (Wildman–Crippen MR) is 118 cm³/mol. The zero-order valence-electron chi connectivity index (χ0n) is 19.1. The first-order chi connectivity index (χ1) is 16.1. The Balaban J connectivity index is 1.22. The molecule has 2 saturated heterocycles. The highest BCUT2D eigenvalue weighted by atomic mass is 32.1. The summed E-state index contributed by atoms with van der Waals surface area (Å²) in [6.07, 6.45) is 1.04. The molecule has 2 N–H and O–H groups in total. The highest BCUT2D eigenvalue weighted by Gasteiger charge is 2.48. The van der Waals surface area contributed by atoms with Crippen LogP contribution in [-0.4, -0.2) is 62.9 Å². The monoisotopic (exact) mass is 501 g/mol. The number of alkyl halides is 3. The summed E-state index contributed by atoms with van der Waals surface area (Å²) in [7, 11) is 0. The van der Waals surface area contributed by atoms with E-state index in [1.807, 2.05) is 17.1 Å². The second-order valence-electron chi connectivity index (χ2n) is 9.92. The van der Waals surface area contributed by atoms with Crippen LogP contribution in [0.15, 0.2) is 18.5 Å². The Labute approximate surface area is 200 Å². The van der Waals surface area contributed by atoms with Crippen molar-refractivity contribution < 1.29 is 32.9 Å². The SMILES string of the molecule is C[C@H]1C[C@@]2(CCN1Cc1cnn(CCCC3(O)COC3)c1)OC[C@@H](O)c1cc(C(F)(F)F)sc12. The summed E-state index contributed by atoms with van der Waals surface area (Å²) in [5.41, 5.74) is -0.0300. The fourth-order valence-electron chi connectivity index (χ4n) is 5.26. The maximum absolute atomic E-state index is 13.4. The molecule has 0 bridgehead atoms. The Bertz CT molecular complexity index is 1020. The van der Waals surface area contributed by atoms with E-state index < -0.39 is 28.4 Å². The van der Waals surface area contributed by atoms with Crippen LogP contribution in [0.2, 0.25) is 0 Å². The Kier molecular flexibility index (Phi) is 6.31. The van der Waals surface area contributed by atoms with Gasteiger partial charge in [-0.25, -0.2) is 0 Å². The zero-order chi connectivity index (χ0) is 24.1. The van der Waals surface area contributed by atoms with E-state index in [0.717, 1.165) is 24.6 Å². The molecule has 3 atom stereocenters. The first kappa shape index (κ1) is 24.2. The molecule has 3 aliphatic rings. The lowest BCUT2D eigenvalue weighted by Gasteiger charge is -2.47. The van der Waals surface area contributed by atoms with Crippen molar-refractivity contribution in [1.82, 2.24) is 14.7 Å². The number of halogens is 3. The minimum absolute atomic E-state index is 0.0156. The number of aromatic nitrogens is 2. The molecule has 188 valence electrons. The second kappa shape index (κ2) is 8.86. The third kappa shape index (κ3) is 4.66. The third-order valence-corrected chi connectivity index (χ3v) is 8.61. The van der Waals surface area contributed by atoms with Crippen LogP contribution < -0.4 is 0 Å². The van der Waals surface area contributed by atoms with Crippen LogP contribution in [-0.2, 0) is 34.3 Å². The minimum atomic E-state index is -4.43. The zero-order valence-corrected chi connectivity index (χ0v) is 19.9. The second-order valence-corrected chi connectivity index (χ2v) is 11.0. The standard InChI is InChI=1S/C23H30F3N3O4S/c1-15-8-22(20-17(18(30)12-33-22)7-19(34-20)23(24,25)26)4-6-28(15)10-16-9-27-29(11-16)5-2-3-21(31)13-32-14-21/h7,9,11,15,18,30-31H,2-6,8,10,12-14H2,1H3/t15-,18+,22+/m0/s1. The lowest BCUT2D eigenvalue weighted by molar-refractivity contribution is -0.182. The van der Waals surface area contributed by atoms with E-state index in [1.54, 1.807) is 0 Å². The predicted octanol–water partition coefficient (Wildman–Crippen LogP) is 3.45. The van der Waals surface area contributed by atoms with Gasteiger partial charge in [-0.15, -0.1) is 11.3 Å². The number of ether oxygens (including phenoxy) is 2. The molecule has 0 saturated carbocycles. The molecule has 0 unspecified atom stereocenters. The van der Waals surface area contributed by atoms with Crippen molar-refractivity contribution in [3.05, 3.63) is 39.3 Å². The molecule has 3 aliphatic heterocycles. The number of aryl methyl sites for hydroxylation is 1. The lowest BCUT2D eigenvalue weighted by Crippen LogP contribution is -2.50. The van der Waals surface area contributed by atoms with Crippen molar-refractivity contribution in [1.29, 1.82) is 0 Å². The molecule has 34 heavy (non-hydrogen) atoms. The van der Waals surface area contributed by atoms with Gasteiger partial charge in [0.1, 0.15) is 22.2 Å². The van der Waals surface area contributed by atoms with Crippen LogP contribution in [0.1, 0.15) is 59.6 Å². The Morgan fingerprint density at radius 3 is 2.79 bits per heavy atom. The molecule has 0 aliphatic carbocycles. The van der Waals surface area contributed by atoms with Crippen molar-refractivity contribution >= 4 is 11.3 Å². The van der Waals surface area contributed by atoms with Gasteiger partial charge in [0, 0.05) is 47.9 Å². The number of thiophene rings is 1. The maximum atomic E-state index is 13.4. The quantitative estimate of drug-likeness (QED) is 0.631. The molecule has 2 fully saturated rings. The number of aliphatic hydroxyl groups is 2. The molecule has 11 heteroatoms. The Morgan fingerprint density at radius 1 is 1.32 bits per heavy atom. The summed E-state index contributed by atoms with van der Waals surface area (Å²) in [6.45, 7) is 4.98.